The summed E-state index contributed by atoms with van der Waals surface area (Å²) >= 11 is 0. The summed E-state index contributed by atoms with van der Waals surface area (Å²) in [4.78, 5) is 35.1. The Labute approximate surface area is 148 Å². The summed E-state index contributed by atoms with van der Waals surface area (Å²) in [6.07, 6.45) is 4.61. The summed E-state index contributed by atoms with van der Waals surface area (Å²) < 4.78 is 0. The van der Waals surface area contributed by atoms with Gasteiger partial charge in [0.25, 0.3) is 5.91 Å². The van der Waals surface area contributed by atoms with E-state index in [0.29, 0.717) is 24.5 Å². The van der Waals surface area contributed by atoms with E-state index in [2.05, 4.69) is 21.8 Å². The van der Waals surface area contributed by atoms with Crippen molar-refractivity contribution in [2.24, 2.45) is 11.7 Å². The molecule has 1 aromatic heterocycles. The van der Waals surface area contributed by atoms with Crippen molar-refractivity contribution in [2.45, 2.75) is 19.3 Å². The largest absolute Gasteiger partial charge is 0.365 e. The second-order valence-corrected chi connectivity index (χ2v) is 7.01. The minimum atomic E-state index is -0.467. The van der Waals surface area contributed by atoms with E-state index in [1.54, 1.807) is 18.3 Å². The zero-order valence-electron chi connectivity index (χ0n) is 14.9. The smallest absolute Gasteiger partial charge is 0.252 e. The Balaban J connectivity index is 1.66. The van der Waals surface area contributed by atoms with Crippen LogP contribution in [0.2, 0.25) is 0 Å². The maximum absolute atomic E-state index is 12.9. The summed E-state index contributed by atoms with van der Waals surface area (Å²) in [5, 5.41) is 0. The SMILES string of the molecule is CN1CCCC(C(=O)N2CCCN(c3ncccc3C(N)=O)CC2)C1. The van der Waals surface area contributed by atoms with Gasteiger partial charge in [-0.05, 0) is 45.0 Å². The molecule has 1 aromatic rings. The first-order valence-corrected chi connectivity index (χ1v) is 9.03. The summed E-state index contributed by atoms with van der Waals surface area (Å²) in [7, 11) is 2.08. The number of hydrogen-bond acceptors (Lipinski definition) is 5. The van der Waals surface area contributed by atoms with Gasteiger partial charge in [-0.1, -0.05) is 0 Å². The van der Waals surface area contributed by atoms with Gasteiger partial charge >= 0.3 is 0 Å². The summed E-state index contributed by atoms with van der Waals surface area (Å²) in [5.41, 5.74) is 5.91. The molecule has 1 atom stereocenters. The molecule has 2 saturated heterocycles. The van der Waals surface area contributed by atoms with E-state index in [9.17, 15) is 9.59 Å². The lowest BCUT2D eigenvalue weighted by atomic mass is 9.97. The van der Waals surface area contributed by atoms with Crippen LogP contribution in [-0.4, -0.2) is 72.9 Å². The zero-order valence-corrected chi connectivity index (χ0v) is 14.9. The molecule has 3 heterocycles. The van der Waals surface area contributed by atoms with Crippen molar-refractivity contribution in [1.29, 1.82) is 0 Å². The monoisotopic (exact) mass is 345 g/mol. The Morgan fingerprint density at radius 3 is 2.76 bits per heavy atom. The van der Waals surface area contributed by atoms with E-state index in [1.165, 1.54) is 0 Å². The van der Waals surface area contributed by atoms with Crippen molar-refractivity contribution in [1.82, 2.24) is 14.8 Å². The standard InChI is InChI=1S/C18H27N5O2/c1-21-8-3-5-14(13-21)18(25)23-10-4-9-22(11-12-23)17-15(16(19)24)6-2-7-20-17/h2,6-7,14H,3-5,8-13H2,1H3,(H2,19,24). The second-order valence-electron chi connectivity index (χ2n) is 7.01. The molecule has 25 heavy (non-hydrogen) atoms. The summed E-state index contributed by atoms with van der Waals surface area (Å²) in [5.74, 6) is 0.540. The van der Waals surface area contributed by atoms with Crippen LogP contribution in [0.5, 0.6) is 0 Å². The number of anilines is 1. The van der Waals surface area contributed by atoms with Gasteiger partial charge in [-0.2, -0.15) is 0 Å². The average molecular weight is 345 g/mol. The molecule has 2 amide bonds. The second kappa shape index (κ2) is 7.82. The highest BCUT2D eigenvalue weighted by molar-refractivity contribution is 5.97. The maximum Gasteiger partial charge on any atom is 0.252 e. The van der Waals surface area contributed by atoms with E-state index < -0.39 is 5.91 Å². The van der Waals surface area contributed by atoms with Gasteiger partial charge in [0, 0.05) is 38.9 Å². The number of pyridine rings is 1. The van der Waals surface area contributed by atoms with E-state index in [4.69, 9.17) is 5.73 Å². The highest BCUT2D eigenvalue weighted by Gasteiger charge is 2.29. The van der Waals surface area contributed by atoms with Crippen molar-refractivity contribution in [2.75, 3.05) is 51.2 Å². The number of likely N-dealkylation sites (tertiary alicyclic amines) is 1. The molecule has 7 heteroatoms. The number of primary amides is 1. The van der Waals surface area contributed by atoms with Crippen LogP contribution >= 0.6 is 0 Å². The van der Waals surface area contributed by atoms with E-state index >= 15 is 0 Å². The fourth-order valence-corrected chi connectivity index (χ4v) is 3.82. The quantitative estimate of drug-likeness (QED) is 0.866. The molecule has 136 valence electrons. The van der Waals surface area contributed by atoms with Crippen LogP contribution in [-0.2, 0) is 4.79 Å². The Morgan fingerprint density at radius 2 is 2.00 bits per heavy atom. The molecule has 3 rings (SSSR count). The summed E-state index contributed by atoms with van der Waals surface area (Å²) in [6.45, 7) is 4.79. The third-order valence-corrected chi connectivity index (χ3v) is 5.13. The first-order valence-electron chi connectivity index (χ1n) is 9.03. The molecule has 2 N–H and O–H groups in total. The number of nitrogens with two attached hydrogens (primary N) is 1. The van der Waals surface area contributed by atoms with Crippen LogP contribution in [0.15, 0.2) is 18.3 Å². The third kappa shape index (κ3) is 4.10. The van der Waals surface area contributed by atoms with Crippen molar-refractivity contribution >= 4 is 17.6 Å². The third-order valence-electron chi connectivity index (χ3n) is 5.13. The molecule has 1 unspecified atom stereocenters. The lowest BCUT2D eigenvalue weighted by Crippen LogP contribution is -2.45. The number of aromatic nitrogens is 1. The average Bonchev–Trinajstić information content (AvgIpc) is 2.87. The van der Waals surface area contributed by atoms with Crippen LogP contribution in [0.1, 0.15) is 29.6 Å². The Morgan fingerprint density at radius 1 is 1.16 bits per heavy atom. The van der Waals surface area contributed by atoms with Crippen molar-refractivity contribution < 1.29 is 9.59 Å². The van der Waals surface area contributed by atoms with Crippen molar-refractivity contribution in [3.05, 3.63) is 23.9 Å². The van der Waals surface area contributed by atoms with Gasteiger partial charge in [-0.15, -0.1) is 0 Å². The lowest BCUT2D eigenvalue weighted by molar-refractivity contribution is -0.136. The fraction of sp³-hybridized carbons (Fsp3) is 0.611. The number of hydrogen-bond donors (Lipinski definition) is 1. The van der Waals surface area contributed by atoms with Gasteiger partial charge in [-0.25, -0.2) is 4.98 Å². The fourth-order valence-electron chi connectivity index (χ4n) is 3.82. The Bertz CT molecular complexity index is 636. The van der Waals surface area contributed by atoms with Gasteiger partial charge in [0.15, 0.2) is 0 Å². The predicted molar refractivity (Wildman–Crippen MR) is 96.4 cm³/mol. The number of nitrogens with zero attached hydrogens (tertiary/aromatic N) is 4. The van der Waals surface area contributed by atoms with E-state index in [1.807, 2.05) is 4.90 Å². The van der Waals surface area contributed by atoms with Crippen molar-refractivity contribution in [3.63, 3.8) is 0 Å². The predicted octanol–water partition coefficient (Wildman–Crippen LogP) is 0.561. The number of piperidine rings is 1. The topological polar surface area (TPSA) is 82.8 Å². The number of rotatable bonds is 3. The van der Waals surface area contributed by atoms with Gasteiger partial charge in [0.05, 0.1) is 11.5 Å². The van der Waals surface area contributed by atoms with Crippen LogP contribution in [0.4, 0.5) is 5.82 Å². The molecule has 0 aliphatic carbocycles. The van der Waals surface area contributed by atoms with E-state index in [0.717, 1.165) is 45.4 Å². The molecule has 2 fully saturated rings. The minimum absolute atomic E-state index is 0.112. The number of amides is 2. The highest BCUT2D eigenvalue weighted by Crippen LogP contribution is 2.21. The van der Waals surface area contributed by atoms with Gasteiger partial charge in [-0.3, -0.25) is 9.59 Å². The molecule has 0 aromatic carbocycles. The molecular weight excluding hydrogens is 318 g/mol. The van der Waals surface area contributed by atoms with Crippen LogP contribution < -0.4 is 10.6 Å². The van der Waals surface area contributed by atoms with Gasteiger partial charge < -0.3 is 20.4 Å². The minimum Gasteiger partial charge on any atom is -0.365 e. The molecule has 0 radical (unpaired) electrons. The van der Waals surface area contributed by atoms with Crippen LogP contribution in [0.3, 0.4) is 0 Å². The Hall–Kier alpha value is -2.15. The molecule has 0 spiro atoms. The van der Waals surface area contributed by atoms with E-state index in [-0.39, 0.29) is 11.8 Å². The molecular formula is C18H27N5O2. The van der Waals surface area contributed by atoms with Gasteiger partial charge in [0.1, 0.15) is 5.82 Å². The van der Waals surface area contributed by atoms with Crippen molar-refractivity contribution in [3.8, 4) is 0 Å². The molecule has 7 nitrogen and oxygen atoms in total. The lowest BCUT2D eigenvalue weighted by Gasteiger charge is -2.32. The first kappa shape index (κ1) is 17.7. The summed E-state index contributed by atoms with van der Waals surface area (Å²) in [6, 6.07) is 3.42. The molecule has 2 aliphatic heterocycles. The van der Waals surface area contributed by atoms with Crippen LogP contribution in [0, 0.1) is 5.92 Å². The normalized spacial score (nSPS) is 22.5. The molecule has 0 saturated carbocycles. The first-order chi connectivity index (χ1) is 12.1. The number of carbonyl (C=O) groups excluding carboxylic acids is 2. The van der Waals surface area contributed by atoms with Crippen LogP contribution in [0.25, 0.3) is 0 Å². The Kier molecular flexibility index (Phi) is 5.53. The van der Waals surface area contributed by atoms with Gasteiger partial charge in [0.2, 0.25) is 5.91 Å². The maximum atomic E-state index is 12.9. The zero-order chi connectivity index (χ0) is 17.8. The highest BCUT2D eigenvalue weighted by atomic mass is 16.2. The number of carbonyl (C=O) groups is 2. The molecule has 2 aliphatic rings. The molecule has 0 bridgehead atoms.